The highest BCUT2D eigenvalue weighted by Crippen LogP contribution is 2.19. The first-order chi connectivity index (χ1) is 18.0. The first kappa shape index (κ1) is 25.6. The van der Waals surface area contributed by atoms with Crippen molar-refractivity contribution in [2.45, 2.75) is 0 Å². The van der Waals surface area contributed by atoms with Gasteiger partial charge in [-0.1, -0.05) is 48.0 Å². The SMILES string of the molecule is O=C(N/N=C\c1ccc(OC(=O)c2ccccc2Cl)cc1)/C(=C/c1cccs1)NC(=O)c1ccccc1. The fourth-order valence-electron chi connectivity index (χ4n) is 3.09. The van der Waals surface area contributed by atoms with Gasteiger partial charge in [0.1, 0.15) is 11.4 Å². The summed E-state index contributed by atoms with van der Waals surface area (Å²) in [6.45, 7) is 0. The van der Waals surface area contributed by atoms with Crippen molar-refractivity contribution in [3.05, 3.63) is 129 Å². The Kier molecular flexibility index (Phi) is 8.59. The molecule has 0 unspecified atom stereocenters. The smallest absolute Gasteiger partial charge is 0.345 e. The quantitative estimate of drug-likeness (QED) is 0.103. The molecule has 4 rings (SSSR count). The molecule has 9 heteroatoms. The molecule has 1 aromatic heterocycles. The summed E-state index contributed by atoms with van der Waals surface area (Å²) in [5, 5.41) is 8.81. The topological polar surface area (TPSA) is 96.9 Å². The van der Waals surface area contributed by atoms with Gasteiger partial charge in [0.05, 0.1) is 16.8 Å². The summed E-state index contributed by atoms with van der Waals surface area (Å²) in [4.78, 5) is 38.5. The molecule has 2 N–H and O–H groups in total. The number of hydrazone groups is 1. The molecule has 0 fully saturated rings. The summed E-state index contributed by atoms with van der Waals surface area (Å²) < 4.78 is 5.35. The number of esters is 1. The molecule has 0 saturated heterocycles. The molecule has 0 spiro atoms. The third kappa shape index (κ3) is 7.23. The van der Waals surface area contributed by atoms with Crippen LogP contribution in [0.15, 0.2) is 107 Å². The Bertz CT molecular complexity index is 1450. The van der Waals surface area contributed by atoms with Gasteiger partial charge in [0.2, 0.25) is 0 Å². The van der Waals surface area contributed by atoms with Gasteiger partial charge in [-0.25, -0.2) is 10.2 Å². The molecule has 0 aliphatic heterocycles. The minimum atomic E-state index is -0.584. The van der Waals surface area contributed by atoms with E-state index < -0.39 is 17.8 Å². The third-order valence-electron chi connectivity index (χ3n) is 4.92. The Balaban J connectivity index is 1.39. The molecule has 0 atom stereocenters. The van der Waals surface area contributed by atoms with Gasteiger partial charge in [-0.2, -0.15) is 5.10 Å². The fraction of sp³-hybridized carbons (Fsp3) is 0. The molecule has 2 amide bonds. The highest BCUT2D eigenvalue weighted by atomic mass is 35.5. The van der Waals surface area contributed by atoms with E-state index in [1.54, 1.807) is 84.9 Å². The highest BCUT2D eigenvalue weighted by Gasteiger charge is 2.15. The summed E-state index contributed by atoms with van der Waals surface area (Å²) in [7, 11) is 0. The molecule has 1 heterocycles. The second-order valence-corrected chi connectivity index (χ2v) is 8.92. The van der Waals surface area contributed by atoms with Crippen molar-refractivity contribution in [3.63, 3.8) is 0 Å². The number of halogens is 1. The molecular formula is C28H20ClN3O4S. The predicted molar refractivity (Wildman–Crippen MR) is 145 cm³/mol. The molecule has 0 aliphatic carbocycles. The Morgan fingerprint density at radius 2 is 1.59 bits per heavy atom. The van der Waals surface area contributed by atoms with E-state index in [0.717, 1.165) is 4.88 Å². The van der Waals surface area contributed by atoms with Gasteiger partial charge in [-0.3, -0.25) is 9.59 Å². The van der Waals surface area contributed by atoms with Gasteiger partial charge in [-0.05, 0) is 71.6 Å². The van der Waals surface area contributed by atoms with Crippen LogP contribution >= 0.6 is 22.9 Å². The maximum atomic E-state index is 12.8. The van der Waals surface area contributed by atoms with E-state index in [9.17, 15) is 14.4 Å². The van der Waals surface area contributed by atoms with Gasteiger partial charge in [-0.15, -0.1) is 11.3 Å². The number of thiophene rings is 1. The number of rotatable bonds is 8. The normalized spacial score (nSPS) is 11.2. The van der Waals surface area contributed by atoms with E-state index in [1.165, 1.54) is 17.6 Å². The summed E-state index contributed by atoms with van der Waals surface area (Å²) in [6, 6.07) is 25.4. The Hall–Kier alpha value is -4.53. The van der Waals surface area contributed by atoms with Crippen LogP contribution in [0.3, 0.4) is 0 Å². The molecule has 4 aromatic rings. The van der Waals surface area contributed by atoms with Crippen LogP contribution < -0.4 is 15.5 Å². The first-order valence-electron chi connectivity index (χ1n) is 11.0. The number of ether oxygens (including phenoxy) is 1. The van der Waals surface area contributed by atoms with Gasteiger partial charge in [0, 0.05) is 10.4 Å². The van der Waals surface area contributed by atoms with Crippen molar-refractivity contribution in [1.82, 2.24) is 10.7 Å². The Morgan fingerprint density at radius 3 is 2.30 bits per heavy atom. The lowest BCUT2D eigenvalue weighted by molar-refractivity contribution is -0.117. The largest absolute Gasteiger partial charge is 0.423 e. The Morgan fingerprint density at radius 1 is 0.865 bits per heavy atom. The molecule has 37 heavy (non-hydrogen) atoms. The second kappa shape index (κ2) is 12.4. The van der Waals surface area contributed by atoms with Crippen molar-refractivity contribution in [3.8, 4) is 5.75 Å². The summed E-state index contributed by atoms with van der Waals surface area (Å²) in [5.74, 6) is -1.23. The van der Waals surface area contributed by atoms with Crippen molar-refractivity contribution in [2.24, 2.45) is 5.10 Å². The molecule has 0 aliphatic rings. The standard InChI is InChI=1S/C28H20ClN3O4S/c29-24-11-5-4-10-23(24)28(35)36-21-14-12-19(13-15-21)18-30-32-27(34)25(17-22-9-6-16-37-22)31-26(33)20-7-2-1-3-8-20/h1-18H,(H,31,33)(H,32,34)/b25-17-,30-18-. The number of carbonyl (C=O) groups excluding carboxylic acids is 3. The zero-order chi connectivity index (χ0) is 26.0. The zero-order valence-electron chi connectivity index (χ0n) is 19.3. The average Bonchev–Trinajstić information content (AvgIpc) is 3.43. The molecule has 0 saturated carbocycles. The van der Waals surface area contributed by atoms with Gasteiger partial charge in [0.25, 0.3) is 11.8 Å². The molecule has 0 bridgehead atoms. The summed E-state index contributed by atoms with van der Waals surface area (Å²) in [6.07, 6.45) is 3.01. The number of hydrogen-bond acceptors (Lipinski definition) is 6. The van der Waals surface area contributed by atoms with Crippen LogP contribution in [0.2, 0.25) is 5.02 Å². The van der Waals surface area contributed by atoms with Crippen molar-refractivity contribution < 1.29 is 19.1 Å². The van der Waals surface area contributed by atoms with Crippen LogP contribution in [0, 0.1) is 0 Å². The fourth-order valence-corrected chi connectivity index (χ4v) is 3.96. The van der Waals surface area contributed by atoms with E-state index >= 15 is 0 Å². The number of nitrogens with zero attached hydrogens (tertiary/aromatic N) is 1. The van der Waals surface area contributed by atoms with Crippen LogP contribution in [0.4, 0.5) is 0 Å². The van der Waals surface area contributed by atoms with Crippen LogP contribution in [-0.4, -0.2) is 24.0 Å². The second-order valence-electron chi connectivity index (χ2n) is 7.53. The van der Waals surface area contributed by atoms with Crippen LogP contribution in [0.25, 0.3) is 6.08 Å². The average molecular weight is 530 g/mol. The summed E-state index contributed by atoms with van der Waals surface area (Å²) in [5.41, 5.74) is 3.82. The van der Waals surface area contributed by atoms with Crippen LogP contribution in [0.5, 0.6) is 5.75 Å². The lowest BCUT2D eigenvalue weighted by atomic mass is 10.2. The van der Waals surface area contributed by atoms with Crippen LogP contribution in [0.1, 0.15) is 31.2 Å². The molecule has 184 valence electrons. The third-order valence-corrected chi connectivity index (χ3v) is 6.07. The van der Waals surface area contributed by atoms with Crippen molar-refractivity contribution in [2.75, 3.05) is 0 Å². The van der Waals surface area contributed by atoms with E-state index in [1.807, 2.05) is 17.5 Å². The lowest BCUT2D eigenvalue weighted by Crippen LogP contribution is -2.32. The van der Waals surface area contributed by atoms with Gasteiger partial charge >= 0.3 is 5.97 Å². The minimum Gasteiger partial charge on any atom is -0.423 e. The predicted octanol–water partition coefficient (Wildman–Crippen LogP) is 5.54. The zero-order valence-corrected chi connectivity index (χ0v) is 20.8. The van der Waals surface area contributed by atoms with E-state index in [-0.39, 0.29) is 11.3 Å². The van der Waals surface area contributed by atoms with Crippen molar-refractivity contribution in [1.29, 1.82) is 0 Å². The Labute approximate surface area is 222 Å². The maximum absolute atomic E-state index is 12.8. The molecule has 3 aromatic carbocycles. The highest BCUT2D eigenvalue weighted by molar-refractivity contribution is 7.10. The molecule has 7 nitrogen and oxygen atoms in total. The maximum Gasteiger partial charge on any atom is 0.345 e. The monoisotopic (exact) mass is 529 g/mol. The number of benzene rings is 3. The number of nitrogens with one attached hydrogen (secondary N) is 2. The number of amides is 2. The van der Waals surface area contributed by atoms with E-state index in [4.69, 9.17) is 16.3 Å². The minimum absolute atomic E-state index is 0.0512. The number of hydrogen-bond donors (Lipinski definition) is 2. The van der Waals surface area contributed by atoms with E-state index in [2.05, 4.69) is 15.8 Å². The van der Waals surface area contributed by atoms with Gasteiger partial charge in [0.15, 0.2) is 0 Å². The number of carbonyl (C=O) groups is 3. The first-order valence-corrected chi connectivity index (χ1v) is 12.3. The van der Waals surface area contributed by atoms with E-state index in [0.29, 0.717) is 21.9 Å². The van der Waals surface area contributed by atoms with Gasteiger partial charge < -0.3 is 10.1 Å². The van der Waals surface area contributed by atoms with Crippen LogP contribution in [-0.2, 0) is 4.79 Å². The van der Waals surface area contributed by atoms with Crippen molar-refractivity contribution >= 4 is 53.0 Å². The lowest BCUT2D eigenvalue weighted by Gasteiger charge is -2.08. The molecular weight excluding hydrogens is 510 g/mol. The summed E-state index contributed by atoms with van der Waals surface area (Å²) >= 11 is 7.46. The molecule has 0 radical (unpaired) electrons.